The number of benzene rings is 1. The second-order valence-electron chi connectivity index (χ2n) is 4.77. The van der Waals surface area contributed by atoms with Gasteiger partial charge in [0.15, 0.2) is 0 Å². The first-order chi connectivity index (χ1) is 10.9. The van der Waals surface area contributed by atoms with Gasteiger partial charge in [0.1, 0.15) is 0 Å². The van der Waals surface area contributed by atoms with Crippen molar-refractivity contribution in [3.8, 4) is 0 Å². The van der Waals surface area contributed by atoms with E-state index in [2.05, 4.69) is 9.46 Å². The van der Waals surface area contributed by atoms with Gasteiger partial charge in [-0.2, -0.15) is 11.3 Å². The standard InChI is InChI=1S/C15H17NO5S2/c1-21-15(18)11-2-4-13(5-3-11)23(19,20)16-8-6-14(17)12-7-9-22-10-12/h2-5,7,9-10,14,16-17H,6,8H2,1H3/t14-/m0/s1. The van der Waals surface area contributed by atoms with Crippen molar-refractivity contribution in [1.82, 2.24) is 4.72 Å². The zero-order chi connectivity index (χ0) is 16.9. The molecule has 0 radical (unpaired) electrons. The molecule has 0 aliphatic rings. The third kappa shape index (κ3) is 4.61. The lowest BCUT2D eigenvalue weighted by atomic mass is 10.1. The summed E-state index contributed by atoms with van der Waals surface area (Å²) < 4.78 is 31.3. The molecule has 0 spiro atoms. The van der Waals surface area contributed by atoms with Gasteiger partial charge in [-0.05, 0) is 53.1 Å². The number of aliphatic hydroxyl groups is 1. The average Bonchev–Trinajstić information content (AvgIpc) is 3.08. The minimum absolute atomic E-state index is 0.0511. The molecule has 2 aromatic rings. The van der Waals surface area contributed by atoms with Crippen LogP contribution in [-0.2, 0) is 14.8 Å². The smallest absolute Gasteiger partial charge is 0.337 e. The lowest BCUT2D eigenvalue weighted by Gasteiger charge is -2.10. The van der Waals surface area contributed by atoms with Gasteiger partial charge in [-0.1, -0.05) is 0 Å². The summed E-state index contributed by atoms with van der Waals surface area (Å²) >= 11 is 1.47. The van der Waals surface area contributed by atoms with Gasteiger partial charge in [0, 0.05) is 6.54 Å². The molecule has 1 heterocycles. The number of carbonyl (C=O) groups excluding carboxylic acids is 1. The zero-order valence-electron chi connectivity index (χ0n) is 12.4. The first-order valence-corrected chi connectivity index (χ1v) is 9.25. The molecule has 0 fully saturated rings. The molecule has 2 rings (SSSR count). The van der Waals surface area contributed by atoms with Crippen LogP contribution < -0.4 is 4.72 Å². The number of sulfonamides is 1. The topological polar surface area (TPSA) is 92.7 Å². The molecule has 1 aromatic heterocycles. The quantitative estimate of drug-likeness (QED) is 0.741. The SMILES string of the molecule is COC(=O)c1ccc(S(=O)(=O)NCC[C@H](O)c2ccsc2)cc1. The number of thiophene rings is 1. The Morgan fingerprint density at radius 1 is 1.30 bits per heavy atom. The van der Waals surface area contributed by atoms with Crippen LogP contribution in [0.5, 0.6) is 0 Å². The van der Waals surface area contributed by atoms with E-state index >= 15 is 0 Å². The maximum absolute atomic E-state index is 12.1. The van der Waals surface area contributed by atoms with E-state index in [9.17, 15) is 18.3 Å². The first kappa shape index (κ1) is 17.6. The normalized spacial score (nSPS) is 12.8. The number of nitrogens with one attached hydrogen (secondary N) is 1. The summed E-state index contributed by atoms with van der Waals surface area (Å²) in [6, 6.07) is 7.25. The summed E-state index contributed by atoms with van der Waals surface area (Å²) in [5.41, 5.74) is 1.05. The van der Waals surface area contributed by atoms with E-state index in [0.717, 1.165) is 5.56 Å². The molecule has 0 unspecified atom stereocenters. The number of hydrogen-bond donors (Lipinski definition) is 2. The van der Waals surface area contributed by atoms with Gasteiger partial charge in [0.25, 0.3) is 0 Å². The van der Waals surface area contributed by atoms with E-state index < -0.39 is 22.1 Å². The molecule has 1 aromatic carbocycles. The maximum Gasteiger partial charge on any atom is 0.337 e. The van der Waals surface area contributed by atoms with Gasteiger partial charge in [0.2, 0.25) is 10.0 Å². The highest BCUT2D eigenvalue weighted by molar-refractivity contribution is 7.89. The number of hydrogen-bond acceptors (Lipinski definition) is 6. The molecular weight excluding hydrogens is 338 g/mol. The molecule has 6 nitrogen and oxygen atoms in total. The van der Waals surface area contributed by atoms with Gasteiger partial charge in [0.05, 0.1) is 23.7 Å². The second-order valence-corrected chi connectivity index (χ2v) is 7.32. The molecule has 23 heavy (non-hydrogen) atoms. The van der Waals surface area contributed by atoms with Crippen molar-refractivity contribution in [3.63, 3.8) is 0 Å². The van der Waals surface area contributed by atoms with Crippen LogP contribution in [0.4, 0.5) is 0 Å². The van der Waals surface area contributed by atoms with Crippen LogP contribution in [0.1, 0.15) is 28.4 Å². The van der Waals surface area contributed by atoms with Crippen LogP contribution in [0.2, 0.25) is 0 Å². The number of carbonyl (C=O) groups is 1. The molecule has 0 aliphatic carbocycles. The predicted octanol–water partition coefficient (Wildman–Crippen LogP) is 1.94. The third-order valence-corrected chi connectivity index (χ3v) is 5.40. The summed E-state index contributed by atoms with van der Waals surface area (Å²) in [7, 11) is -2.43. The summed E-state index contributed by atoms with van der Waals surface area (Å²) in [6.07, 6.45) is -0.429. The average molecular weight is 355 g/mol. The van der Waals surface area contributed by atoms with Gasteiger partial charge >= 0.3 is 5.97 Å². The zero-order valence-corrected chi connectivity index (χ0v) is 14.1. The monoisotopic (exact) mass is 355 g/mol. The Balaban J connectivity index is 1.95. The van der Waals surface area contributed by atoms with Crippen LogP contribution in [0.15, 0.2) is 46.0 Å². The highest BCUT2D eigenvalue weighted by atomic mass is 32.2. The third-order valence-electron chi connectivity index (χ3n) is 3.22. The van der Waals surface area contributed by atoms with E-state index in [-0.39, 0.29) is 23.4 Å². The van der Waals surface area contributed by atoms with Crippen molar-refractivity contribution in [2.45, 2.75) is 17.4 Å². The molecule has 0 bridgehead atoms. The van der Waals surface area contributed by atoms with Crippen molar-refractivity contribution < 1.29 is 23.1 Å². The molecule has 0 amide bonds. The molecule has 0 saturated carbocycles. The largest absolute Gasteiger partial charge is 0.465 e. The molecule has 0 saturated heterocycles. The Morgan fingerprint density at radius 3 is 2.57 bits per heavy atom. The maximum atomic E-state index is 12.1. The Kier molecular flexibility index (Phi) is 5.89. The van der Waals surface area contributed by atoms with E-state index in [0.29, 0.717) is 0 Å². The first-order valence-electron chi connectivity index (χ1n) is 6.82. The minimum Gasteiger partial charge on any atom is -0.465 e. The van der Waals surface area contributed by atoms with Gasteiger partial charge in [-0.3, -0.25) is 0 Å². The fraction of sp³-hybridized carbons (Fsp3) is 0.267. The molecule has 8 heteroatoms. The summed E-state index contributed by atoms with van der Waals surface area (Å²) in [5.74, 6) is -0.527. The lowest BCUT2D eigenvalue weighted by Crippen LogP contribution is -2.26. The minimum atomic E-state index is -3.68. The fourth-order valence-corrected chi connectivity index (χ4v) is 3.69. The number of esters is 1. The van der Waals surface area contributed by atoms with Crippen molar-refractivity contribution in [1.29, 1.82) is 0 Å². The summed E-state index contributed by atoms with van der Waals surface area (Å²) in [4.78, 5) is 11.4. The van der Waals surface area contributed by atoms with Crippen molar-refractivity contribution in [3.05, 3.63) is 52.2 Å². The lowest BCUT2D eigenvalue weighted by molar-refractivity contribution is 0.0600. The Hall–Kier alpha value is -1.74. The summed E-state index contributed by atoms with van der Waals surface area (Å²) in [6.45, 7) is 0.109. The summed E-state index contributed by atoms with van der Waals surface area (Å²) in [5, 5.41) is 13.6. The number of aliphatic hydroxyl groups excluding tert-OH is 1. The van der Waals surface area contributed by atoms with E-state index in [4.69, 9.17) is 0 Å². The number of rotatable bonds is 7. The van der Waals surface area contributed by atoms with Crippen LogP contribution >= 0.6 is 11.3 Å². The molecular formula is C15H17NO5S2. The van der Waals surface area contributed by atoms with Gasteiger partial charge in [-0.25, -0.2) is 17.9 Å². The number of methoxy groups -OCH3 is 1. The van der Waals surface area contributed by atoms with Crippen LogP contribution in [0.25, 0.3) is 0 Å². The predicted molar refractivity (Wildman–Crippen MR) is 86.9 cm³/mol. The Labute approximate surface area is 138 Å². The van der Waals surface area contributed by atoms with Crippen LogP contribution in [-0.4, -0.2) is 33.1 Å². The molecule has 2 N–H and O–H groups in total. The van der Waals surface area contributed by atoms with Crippen molar-refractivity contribution >= 4 is 27.3 Å². The van der Waals surface area contributed by atoms with E-state index in [1.165, 1.54) is 42.7 Å². The molecule has 1 atom stereocenters. The fourth-order valence-electron chi connectivity index (χ4n) is 1.93. The van der Waals surface area contributed by atoms with E-state index in [1.54, 1.807) is 6.07 Å². The van der Waals surface area contributed by atoms with Crippen LogP contribution in [0.3, 0.4) is 0 Å². The van der Waals surface area contributed by atoms with Crippen molar-refractivity contribution in [2.75, 3.05) is 13.7 Å². The van der Waals surface area contributed by atoms with Crippen molar-refractivity contribution in [2.24, 2.45) is 0 Å². The highest BCUT2D eigenvalue weighted by Gasteiger charge is 2.16. The van der Waals surface area contributed by atoms with Gasteiger partial charge in [-0.15, -0.1) is 0 Å². The Bertz CT molecular complexity index is 739. The van der Waals surface area contributed by atoms with Crippen LogP contribution in [0, 0.1) is 0 Å². The molecule has 124 valence electrons. The van der Waals surface area contributed by atoms with E-state index in [1.807, 2.05) is 10.8 Å². The highest BCUT2D eigenvalue weighted by Crippen LogP contribution is 2.19. The second kappa shape index (κ2) is 7.69. The Morgan fingerprint density at radius 2 is 2.00 bits per heavy atom. The van der Waals surface area contributed by atoms with Gasteiger partial charge < -0.3 is 9.84 Å². The number of ether oxygens (including phenoxy) is 1. The molecule has 0 aliphatic heterocycles.